The van der Waals surface area contributed by atoms with Crippen LogP contribution in [0.15, 0.2) is 0 Å². The van der Waals surface area contributed by atoms with Crippen molar-refractivity contribution < 1.29 is 16.8 Å². The molecule has 0 aromatic carbocycles. The number of hydrogen-bond acceptors (Lipinski definition) is 5. The molecule has 0 saturated carbocycles. The summed E-state index contributed by atoms with van der Waals surface area (Å²) in [6.45, 7) is 0. The molecule has 0 spiro atoms. The average Bonchev–Trinajstić information content (AvgIpc) is 2.43. The minimum atomic E-state index is -3.73. The first-order chi connectivity index (χ1) is 6.73. The number of sulfone groups is 1. The summed E-state index contributed by atoms with van der Waals surface area (Å²) < 4.78 is 45.1. The Morgan fingerprint density at radius 3 is 2.47 bits per heavy atom. The van der Waals surface area contributed by atoms with E-state index in [-0.39, 0.29) is 23.0 Å². The van der Waals surface area contributed by atoms with Crippen LogP contribution in [0.25, 0.3) is 0 Å². The quantitative estimate of drug-likeness (QED) is 0.396. The van der Waals surface area contributed by atoms with Gasteiger partial charge in [0.1, 0.15) is 0 Å². The molecule has 0 amide bonds. The lowest BCUT2D eigenvalue weighted by atomic mass is 10.4. The standard InChI is InChI=1S/C5H11N3O4S3/c6-5(13)7-8-15(11,12)4-1-2-14(9,10)3-4/h4,8H,1-3H2,(H3,6,7,13). The molecule has 10 heteroatoms. The average molecular weight is 273 g/mol. The normalized spacial score (nSPS) is 24.9. The van der Waals surface area contributed by atoms with Gasteiger partial charge in [-0.3, -0.25) is 5.43 Å². The first-order valence-corrected chi connectivity index (χ1v) is 7.77. The molecule has 0 radical (unpaired) electrons. The highest BCUT2D eigenvalue weighted by molar-refractivity contribution is 7.95. The molecule has 1 aliphatic rings. The Labute approximate surface area is 93.3 Å². The molecule has 1 fully saturated rings. The van der Waals surface area contributed by atoms with E-state index in [1.54, 1.807) is 0 Å². The summed E-state index contributed by atoms with van der Waals surface area (Å²) >= 11 is 4.40. The Balaban J connectivity index is 2.68. The lowest BCUT2D eigenvalue weighted by Gasteiger charge is -2.11. The smallest absolute Gasteiger partial charge is 0.232 e. The second-order valence-corrected chi connectivity index (χ2v) is 7.79. The van der Waals surface area contributed by atoms with E-state index in [9.17, 15) is 16.8 Å². The van der Waals surface area contributed by atoms with E-state index in [4.69, 9.17) is 5.73 Å². The van der Waals surface area contributed by atoms with Gasteiger partial charge in [0, 0.05) is 0 Å². The van der Waals surface area contributed by atoms with Gasteiger partial charge in [0.25, 0.3) is 0 Å². The molecule has 15 heavy (non-hydrogen) atoms. The van der Waals surface area contributed by atoms with E-state index >= 15 is 0 Å². The van der Waals surface area contributed by atoms with Crippen molar-refractivity contribution in [3.05, 3.63) is 0 Å². The first kappa shape index (κ1) is 12.6. The highest BCUT2D eigenvalue weighted by Crippen LogP contribution is 2.17. The zero-order chi connectivity index (χ0) is 11.7. The minimum Gasteiger partial charge on any atom is -0.375 e. The summed E-state index contributed by atoms with van der Waals surface area (Å²) in [6.07, 6.45) is 0.0939. The van der Waals surface area contributed by atoms with E-state index < -0.39 is 25.1 Å². The number of nitrogens with one attached hydrogen (secondary N) is 2. The third-order valence-electron chi connectivity index (χ3n) is 1.95. The van der Waals surface area contributed by atoms with Crippen molar-refractivity contribution in [1.82, 2.24) is 10.3 Å². The number of rotatable bonds is 3. The van der Waals surface area contributed by atoms with Crippen LogP contribution in [0.1, 0.15) is 6.42 Å². The van der Waals surface area contributed by atoms with Gasteiger partial charge in [0.05, 0.1) is 16.8 Å². The van der Waals surface area contributed by atoms with Gasteiger partial charge in [-0.1, -0.05) is 0 Å². The van der Waals surface area contributed by atoms with Crippen molar-refractivity contribution in [1.29, 1.82) is 0 Å². The van der Waals surface area contributed by atoms with Crippen molar-refractivity contribution in [2.24, 2.45) is 5.73 Å². The maximum atomic E-state index is 11.5. The zero-order valence-corrected chi connectivity index (χ0v) is 10.1. The highest BCUT2D eigenvalue weighted by Gasteiger charge is 2.37. The Bertz CT molecular complexity index is 454. The van der Waals surface area contributed by atoms with Gasteiger partial charge in [0.15, 0.2) is 14.9 Å². The lowest BCUT2D eigenvalue weighted by molar-refractivity contribution is 0.564. The fourth-order valence-corrected chi connectivity index (χ4v) is 5.20. The Kier molecular flexibility index (Phi) is 3.53. The van der Waals surface area contributed by atoms with Gasteiger partial charge in [-0.05, 0) is 18.6 Å². The van der Waals surface area contributed by atoms with Gasteiger partial charge in [0.2, 0.25) is 10.0 Å². The van der Waals surface area contributed by atoms with Crippen LogP contribution in [-0.4, -0.2) is 38.7 Å². The fraction of sp³-hybridized carbons (Fsp3) is 0.800. The summed E-state index contributed by atoms with van der Waals surface area (Å²) in [5, 5.41) is -1.16. The first-order valence-electron chi connectivity index (χ1n) is 3.99. The van der Waals surface area contributed by atoms with Gasteiger partial charge in [-0.15, -0.1) is 4.83 Å². The molecular weight excluding hydrogens is 262 g/mol. The Hall–Kier alpha value is -0.450. The molecule has 1 heterocycles. The van der Waals surface area contributed by atoms with Gasteiger partial charge >= 0.3 is 0 Å². The largest absolute Gasteiger partial charge is 0.375 e. The van der Waals surface area contributed by atoms with E-state index in [1.807, 2.05) is 4.83 Å². The summed E-state index contributed by atoms with van der Waals surface area (Å²) in [4.78, 5) is 1.93. The number of hydrazine groups is 1. The predicted molar refractivity (Wildman–Crippen MR) is 59.0 cm³/mol. The third-order valence-corrected chi connectivity index (χ3v) is 5.69. The molecule has 1 aliphatic heterocycles. The molecule has 1 unspecified atom stereocenters. The summed E-state index contributed by atoms with van der Waals surface area (Å²) in [6, 6.07) is 0. The number of sulfonamides is 1. The van der Waals surface area contributed by atoms with Crippen LogP contribution in [-0.2, 0) is 19.9 Å². The molecule has 1 atom stereocenters. The van der Waals surface area contributed by atoms with Crippen LogP contribution in [0.5, 0.6) is 0 Å². The van der Waals surface area contributed by atoms with Crippen molar-refractivity contribution >= 4 is 37.2 Å². The van der Waals surface area contributed by atoms with Crippen LogP contribution in [0, 0.1) is 0 Å². The number of hydrogen-bond donors (Lipinski definition) is 3. The van der Waals surface area contributed by atoms with E-state index in [1.165, 1.54) is 0 Å². The van der Waals surface area contributed by atoms with Gasteiger partial charge < -0.3 is 5.73 Å². The fourth-order valence-electron chi connectivity index (χ4n) is 1.21. The summed E-state index contributed by atoms with van der Waals surface area (Å²) in [5.74, 6) is -0.465. The predicted octanol–water partition coefficient (Wildman–Crippen LogP) is -2.16. The number of nitrogens with two attached hydrogens (primary N) is 1. The summed E-state index contributed by atoms with van der Waals surface area (Å²) in [7, 11) is -6.96. The Morgan fingerprint density at radius 1 is 1.47 bits per heavy atom. The molecular formula is C5H11N3O4S3. The van der Waals surface area contributed by atoms with E-state index in [0.717, 1.165) is 0 Å². The monoisotopic (exact) mass is 273 g/mol. The van der Waals surface area contributed by atoms with Crippen molar-refractivity contribution in [3.63, 3.8) is 0 Å². The second kappa shape index (κ2) is 4.20. The van der Waals surface area contributed by atoms with Gasteiger partial charge in [-0.2, -0.15) is 0 Å². The molecule has 88 valence electrons. The van der Waals surface area contributed by atoms with Crippen LogP contribution < -0.4 is 16.0 Å². The maximum Gasteiger partial charge on any atom is 0.232 e. The number of thiocarbonyl (C=S) groups is 1. The lowest BCUT2D eigenvalue weighted by Crippen LogP contribution is -2.48. The highest BCUT2D eigenvalue weighted by atomic mass is 32.2. The third kappa shape index (κ3) is 3.55. The van der Waals surface area contributed by atoms with Gasteiger partial charge in [-0.25, -0.2) is 16.8 Å². The molecule has 4 N–H and O–H groups in total. The van der Waals surface area contributed by atoms with Crippen LogP contribution in [0.4, 0.5) is 0 Å². The summed E-state index contributed by atoms with van der Waals surface area (Å²) in [5.41, 5.74) is 7.09. The SMILES string of the molecule is NC(=S)NNS(=O)(=O)C1CCS(=O)(=O)C1. The minimum absolute atomic E-state index is 0.0939. The van der Waals surface area contributed by atoms with Crippen LogP contribution >= 0.6 is 12.2 Å². The second-order valence-electron chi connectivity index (χ2n) is 3.16. The topological polar surface area (TPSA) is 118 Å². The zero-order valence-electron chi connectivity index (χ0n) is 7.63. The van der Waals surface area contributed by atoms with Crippen LogP contribution in [0.3, 0.4) is 0 Å². The van der Waals surface area contributed by atoms with Crippen molar-refractivity contribution in [2.75, 3.05) is 11.5 Å². The maximum absolute atomic E-state index is 11.5. The van der Waals surface area contributed by atoms with Crippen LogP contribution in [0.2, 0.25) is 0 Å². The molecule has 1 saturated heterocycles. The molecule has 0 aliphatic carbocycles. The van der Waals surface area contributed by atoms with Crippen molar-refractivity contribution in [2.45, 2.75) is 11.7 Å². The molecule has 7 nitrogen and oxygen atoms in total. The molecule has 1 rings (SSSR count). The Morgan fingerprint density at radius 2 is 2.07 bits per heavy atom. The van der Waals surface area contributed by atoms with E-state index in [2.05, 4.69) is 17.6 Å². The molecule has 0 aromatic heterocycles. The van der Waals surface area contributed by atoms with E-state index in [0.29, 0.717) is 0 Å². The van der Waals surface area contributed by atoms with Crippen molar-refractivity contribution in [3.8, 4) is 0 Å². The molecule has 0 aromatic rings. The molecule has 0 bridgehead atoms.